The van der Waals surface area contributed by atoms with E-state index in [4.69, 9.17) is 18.3 Å². The van der Waals surface area contributed by atoms with E-state index in [1.807, 2.05) is 0 Å². The Balaban J connectivity index is 2.13. The Labute approximate surface area is 137 Å². The average molecular weight is 328 g/mol. The van der Waals surface area contributed by atoms with Crippen molar-refractivity contribution in [1.29, 1.82) is 0 Å². The molecule has 0 radical (unpaired) electrons. The number of ether oxygens (including phenoxy) is 2. The van der Waals surface area contributed by atoms with Crippen LogP contribution in [0, 0.1) is 6.92 Å². The molecule has 0 amide bonds. The van der Waals surface area contributed by atoms with Crippen molar-refractivity contribution >= 4 is 16.9 Å². The Morgan fingerprint density at radius 1 is 1.17 bits per heavy atom. The third-order valence-electron chi connectivity index (χ3n) is 3.60. The van der Waals surface area contributed by atoms with Crippen LogP contribution in [0.1, 0.15) is 23.2 Å². The first kappa shape index (κ1) is 15.9. The Morgan fingerprint density at radius 3 is 2.67 bits per heavy atom. The highest BCUT2D eigenvalue weighted by Crippen LogP contribution is 2.27. The number of hydrogen-bond donors (Lipinski definition) is 0. The SMILES string of the molecule is CCOC(=O)c1ccc(-c2c(C)oc3cc(OC)ccc3c2=O)o1. The van der Waals surface area contributed by atoms with Crippen LogP contribution in [0.4, 0.5) is 0 Å². The molecule has 3 rings (SSSR count). The lowest BCUT2D eigenvalue weighted by molar-refractivity contribution is 0.0491. The standard InChI is InChI=1S/C18H16O6/c1-4-22-18(20)14-8-7-13(24-14)16-10(2)23-15-9-11(21-3)5-6-12(15)17(16)19/h5-9H,4H2,1-3H3. The maximum Gasteiger partial charge on any atom is 0.374 e. The monoisotopic (exact) mass is 328 g/mol. The van der Waals surface area contributed by atoms with Gasteiger partial charge in [-0.15, -0.1) is 0 Å². The first-order chi connectivity index (χ1) is 11.5. The van der Waals surface area contributed by atoms with Crippen LogP contribution in [0.25, 0.3) is 22.3 Å². The zero-order valence-electron chi connectivity index (χ0n) is 13.5. The molecule has 6 heteroatoms. The number of hydrogen-bond acceptors (Lipinski definition) is 6. The van der Waals surface area contributed by atoms with Crippen LogP contribution in [0.2, 0.25) is 0 Å². The van der Waals surface area contributed by atoms with Gasteiger partial charge < -0.3 is 18.3 Å². The molecule has 0 spiro atoms. The van der Waals surface area contributed by atoms with E-state index >= 15 is 0 Å². The summed E-state index contributed by atoms with van der Waals surface area (Å²) in [4.78, 5) is 24.5. The number of benzene rings is 1. The van der Waals surface area contributed by atoms with E-state index in [0.29, 0.717) is 22.5 Å². The molecule has 0 N–H and O–H groups in total. The van der Waals surface area contributed by atoms with Gasteiger partial charge in [-0.25, -0.2) is 4.79 Å². The van der Waals surface area contributed by atoms with E-state index in [2.05, 4.69) is 0 Å². The minimum absolute atomic E-state index is 0.0421. The van der Waals surface area contributed by atoms with E-state index in [0.717, 1.165) is 0 Å². The summed E-state index contributed by atoms with van der Waals surface area (Å²) in [5, 5.41) is 0.408. The number of furan rings is 1. The summed E-state index contributed by atoms with van der Waals surface area (Å²) in [6.45, 7) is 3.62. The summed E-state index contributed by atoms with van der Waals surface area (Å²) in [6, 6.07) is 8.01. The van der Waals surface area contributed by atoms with Crippen LogP contribution in [0.15, 0.2) is 44.0 Å². The molecule has 2 heterocycles. The molecule has 24 heavy (non-hydrogen) atoms. The quantitative estimate of drug-likeness (QED) is 0.682. The fraction of sp³-hybridized carbons (Fsp3) is 0.222. The molecule has 2 aromatic heterocycles. The van der Waals surface area contributed by atoms with Crippen molar-refractivity contribution in [2.75, 3.05) is 13.7 Å². The maximum atomic E-state index is 12.8. The van der Waals surface area contributed by atoms with Crippen LogP contribution < -0.4 is 10.2 Å². The molecule has 1 aromatic carbocycles. The molecule has 6 nitrogen and oxygen atoms in total. The molecule has 0 bridgehead atoms. The highest BCUT2D eigenvalue weighted by atomic mass is 16.5. The zero-order chi connectivity index (χ0) is 17.3. The molecule has 124 valence electrons. The van der Waals surface area contributed by atoms with Crippen LogP contribution in [-0.4, -0.2) is 19.7 Å². The minimum atomic E-state index is -0.573. The van der Waals surface area contributed by atoms with E-state index in [9.17, 15) is 9.59 Å². The third kappa shape index (κ3) is 2.67. The summed E-state index contributed by atoms with van der Waals surface area (Å²) in [5.74, 6) is 0.727. The van der Waals surface area contributed by atoms with Crippen molar-refractivity contribution in [1.82, 2.24) is 0 Å². The summed E-state index contributed by atoms with van der Waals surface area (Å²) in [6.07, 6.45) is 0. The number of fused-ring (bicyclic) bond motifs is 1. The molecular formula is C18H16O6. The van der Waals surface area contributed by atoms with Gasteiger partial charge in [0.25, 0.3) is 0 Å². The number of carbonyl (C=O) groups excluding carboxylic acids is 1. The highest BCUT2D eigenvalue weighted by Gasteiger charge is 2.19. The van der Waals surface area contributed by atoms with Crippen molar-refractivity contribution < 1.29 is 23.1 Å². The second kappa shape index (κ2) is 6.23. The number of carbonyl (C=O) groups is 1. The van der Waals surface area contributed by atoms with Gasteiger partial charge in [0.05, 0.1) is 19.1 Å². The summed E-state index contributed by atoms with van der Waals surface area (Å²) in [5.41, 5.74) is 0.474. The van der Waals surface area contributed by atoms with E-state index < -0.39 is 5.97 Å². The molecular weight excluding hydrogens is 312 g/mol. The topological polar surface area (TPSA) is 78.9 Å². The smallest absolute Gasteiger partial charge is 0.374 e. The summed E-state index contributed by atoms with van der Waals surface area (Å²) >= 11 is 0. The van der Waals surface area contributed by atoms with Crippen LogP contribution in [0.3, 0.4) is 0 Å². The van der Waals surface area contributed by atoms with E-state index in [1.165, 1.54) is 6.07 Å². The van der Waals surface area contributed by atoms with E-state index in [1.54, 1.807) is 45.2 Å². The largest absolute Gasteiger partial charge is 0.497 e. The first-order valence-electron chi connectivity index (χ1n) is 7.44. The van der Waals surface area contributed by atoms with Gasteiger partial charge in [-0.05, 0) is 38.1 Å². The molecule has 0 fully saturated rings. The predicted octanol–water partition coefficient (Wildman–Crippen LogP) is 3.55. The van der Waals surface area contributed by atoms with Gasteiger partial charge in [-0.2, -0.15) is 0 Å². The van der Waals surface area contributed by atoms with Crippen molar-refractivity contribution in [3.8, 4) is 17.1 Å². The number of aryl methyl sites for hydroxylation is 1. The Morgan fingerprint density at radius 2 is 1.96 bits per heavy atom. The molecule has 0 aliphatic carbocycles. The lowest BCUT2D eigenvalue weighted by atomic mass is 10.1. The highest BCUT2D eigenvalue weighted by molar-refractivity contribution is 5.88. The normalized spacial score (nSPS) is 10.8. The number of esters is 1. The molecule has 0 atom stereocenters. The maximum absolute atomic E-state index is 12.8. The second-order valence-corrected chi connectivity index (χ2v) is 5.11. The van der Waals surface area contributed by atoms with Gasteiger partial charge in [0.15, 0.2) is 0 Å². The Kier molecular flexibility index (Phi) is 4.12. The fourth-order valence-electron chi connectivity index (χ4n) is 2.48. The molecule has 0 saturated carbocycles. The fourth-order valence-corrected chi connectivity index (χ4v) is 2.48. The third-order valence-corrected chi connectivity index (χ3v) is 3.60. The van der Waals surface area contributed by atoms with Gasteiger partial charge in [-0.1, -0.05) is 0 Å². The van der Waals surface area contributed by atoms with Crippen LogP contribution >= 0.6 is 0 Å². The summed E-state index contributed by atoms with van der Waals surface area (Å²) < 4.78 is 21.2. The molecule has 0 saturated heterocycles. The van der Waals surface area contributed by atoms with Gasteiger partial charge in [0.1, 0.15) is 28.4 Å². The van der Waals surface area contributed by atoms with Gasteiger partial charge in [0.2, 0.25) is 11.2 Å². The molecule has 0 aliphatic heterocycles. The summed E-state index contributed by atoms with van der Waals surface area (Å²) in [7, 11) is 1.54. The van der Waals surface area contributed by atoms with Crippen LogP contribution in [0.5, 0.6) is 5.75 Å². The predicted molar refractivity (Wildman–Crippen MR) is 87.4 cm³/mol. The van der Waals surface area contributed by atoms with Crippen molar-refractivity contribution in [2.24, 2.45) is 0 Å². The molecule has 3 aromatic rings. The average Bonchev–Trinajstić information content (AvgIpc) is 3.04. The number of methoxy groups -OCH3 is 1. The van der Waals surface area contributed by atoms with E-state index in [-0.39, 0.29) is 29.1 Å². The van der Waals surface area contributed by atoms with Crippen molar-refractivity contribution in [3.63, 3.8) is 0 Å². The second-order valence-electron chi connectivity index (χ2n) is 5.11. The van der Waals surface area contributed by atoms with Crippen LogP contribution in [-0.2, 0) is 4.74 Å². The van der Waals surface area contributed by atoms with Gasteiger partial charge >= 0.3 is 5.97 Å². The van der Waals surface area contributed by atoms with Crippen molar-refractivity contribution in [3.05, 3.63) is 52.1 Å². The first-order valence-corrected chi connectivity index (χ1v) is 7.44. The molecule has 0 unspecified atom stereocenters. The number of rotatable bonds is 4. The van der Waals surface area contributed by atoms with Gasteiger partial charge in [0, 0.05) is 6.07 Å². The molecule has 0 aliphatic rings. The lowest BCUT2D eigenvalue weighted by Gasteiger charge is -2.06. The Hall–Kier alpha value is -3.02. The van der Waals surface area contributed by atoms with Gasteiger partial charge in [-0.3, -0.25) is 4.79 Å². The lowest BCUT2D eigenvalue weighted by Crippen LogP contribution is -2.07. The van der Waals surface area contributed by atoms with Crippen molar-refractivity contribution in [2.45, 2.75) is 13.8 Å². The zero-order valence-corrected chi connectivity index (χ0v) is 13.5. The minimum Gasteiger partial charge on any atom is -0.497 e. The Bertz CT molecular complexity index is 963.